The number of hydrogen-bond acceptors (Lipinski definition) is 4. The molecule has 0 N–H and O–H groups in total. The summed E-state index contributed by atoms with van der Waals surface area (Å²) in [7, 11) is 0. The van der Waals surface area contributed by atoms with Crippen LogP contribution < -0.4 is 0 Å². The fraction of sp³-hybridized carbons (Fsp3) is 0. The Morgan fingerprint density at radius 1 is 0.360 bits per heavy atom. The molecule has 0 bridgehead atoms. The lowest BCUT2D eigenvalue weighted by Crippen LogP contribution is -1.96. The van der Waals surface area contributed by atoms with E-state index in [2.05, 4.69) is 127 Å². The van der Waals surface area contributed by atoms with Crippen LogP contribution in [0.4, 0.5) is 0 Å². The van der Waals surface area contributed by atoms with E-state index in [1.807, 2.05) is 30.3 Å². The maximum atomic E-state index is 6.71. The molecule has 3 heterocycles. The zero-order valence-electron chi connectivity index (χ0n) is 26.7. The van der Waals surface area contributed by atoms with Gasteiger partial charge in [0.05, 0.1) is 0 Å². The van der Waals surface area contributed by atoms with Gasteiger partial charge in [-0.2, -0.15) is 0 Å². The molecule has 0 fully saturated rings. The normalized spacial score (nSPS) is 12.0. The Bertz CT molecular complexity index is 3080. The minimum atomic E-state index is 0.656. The number of hydrogen-bond donors (Lipinski definition) is 0. The summed E-state index contributed by atoms with van der Waals surface area (Å²) in [5.74, 6) is 0.656. The van der Waals surface area contributed by atoms with Crippen molar-refractivity contribution in [1.29, 1.82) is 0 Å². The molecule has 0 saturated heterocycles. The van der Waals surface area contributed by atoms with E-state index in [1.165, 1.54) is 21.5 Å². The van der Waals surface area contributed by atoms with Crippen LogP contribution >= 0.6 is 0 Å². The SMILES string of the molecule is c1ccc(-c2ccc3oc4c(-c5ccccc5-c5ccc6oc7cccc8c9ccccc9c5c6c78)nc(-c5ccccc5)nc4c3c2)cc1. The highest BCUT2D eigenvalue weighted by molar-refractivity contribution is 6.35. The van der Waals surface area contributed by atoms with Gasteiger partial charge in [0.1, 0.15) is 28.0 Å². The molecule has 0 atom stereocenters. The summed E-state index contributed by atoms with van der Waals surface area (Å²) in [6.45, 7) is 0. The largest absolute Gasteiger partial charge is 0.456 e. The highest BCUT2D eigenvalue weighted by atomic mass is 16.3. The van der Waals surface area contributed by atoms with Crippen LogP contribution in [0, 0.1) is 0 Å². The molecule has 8 aromatic carbocycles. The van der Waals surface area contributed by atoms with Crippen LogP contribution in [0.5, 0.6) is 0 Å². The smallest absolute Gasteiger partial charge is 0.180 e. The highest BCUT2D eigenvalue weighted by Crippen LogP contribution is 2.48. The van der Waals surface area contributed by atoms with Gasteiger partial charge in [0.15, 0.2) is 11.4 Å². The molecule has 11 rings (SSSR count). The quantitative estimate of drug-likeness (QED) is 0.180. The molecule has 0 unspecified atom stereocenters. The molecule has 0 saturated carbocycles. The minimum absolute atomic E-state index is 0.656. The molecule has 11 aromatic rings. The number of rotatable bonds is 4. The average molecular weight is 639 g/mol. The van der Waals surface area contributed by atoms with Gasteiger partial charge in [0.2, 0.25) is 0 Å². The summed E-state index contributed by atoms with van der Waals surface area (Å²) in [6, 6.07) is 54.8. The lowest BCUT2D eigenvalue weighted by Gasteiger charge is -2.15. The van der Waals surface area contributed by atoms with Gasteiger partial charge in [0.25, 0.3) is 0 Å². The summed E-state index contributed by atoms with van der Waals surface area (Å²) in [4.78, 5) is 10.5. The van der Waals surface area contributed by atoms with Gasteiger partial charge in [-0.1, -0.05) is 127 Å². The number of nitrogens with zero attached hydrogens (tertiary/aromatic N) is 2. The fourth-order valence-corrected chi connectivity index (χ4v) is 7.85. The highest BCUT2D eigenvalue weighted by Gasteiger charge is 2.24. The van der Waals surface area contributed by atoms with Gasteiger partial charge in [-0.3, -0.25) is 0 Å². The van der Waals surface area contributed by atoms with Gasteiger partial charge < -0.3 is 8.83 Å². The summed E-state index contributed by atoms with van der Waals surface area (Å²) >= 11 is 0. The lowest BCUT2D eigenvalue weighted by atomic mass is 9.87. The first-order chi connectivity index (χ1) is 24.8. The standard InChI is InChI=1S/C46H26N2O2/c1-3-12-27(13-4-1)29-22-24-37-36(26-29)44-45(50-37)43(47-46(48-44)28-14-5-2-6-15-28)35-19-10-8-17-31(35)34-23-25-39-42-40(34)32-18-9-7-16-30(32)33-20-11-21-38(49-39)41(33)42/h1-26H. The van der Waals surface area contributed by atoms with Gasteiger partial charge in [-0.15, -0.1) is 0 Å². The van der Waals surface area contributed by atoms with E-state index in [-0.39, 0.29) is 0 Å². The first-order valence-electron chi connectivity index (χ1n) is 16.8. The summed E-state index contributed by atoms with van der Waals surface area (Å²) in [6.07, 6.45) is 0. The zero-order valence-corrected chi connectivity index (χ0v) is 26.7. The number of benzene rings is 8. The van der Waals surface area contributed by atoms with Gasteiger partial charge in [-0.25, -0.2) is 9.97 Å². The summed E-state index contributed by atoms with van der Waals surface area (Å²) in [5.41, 5.74) is 11.2. The van der Waals surface area contributed by atoms with Crippen LogP contribution in [0.3, 0.4) is 0 Å². The Kier molecular flexibility index (Phi) is 5.63. The van der Waals surface area contributed by atoms with Crippen LogP contribution in [0.1, 0.15) is 0 Å². The van der Waals surface area contributed by atoms with Gasteiger partial charge in [-0.05, 0) is 68.7 Å². The van der Waals surface area contributed by atoms with Crippen molar-refractivity contribution in [2.45, 2.75) is 0 Å². The third-order valence-electron chi connectivity index (χ3n) is 10.1. The maximum absolute atomic E-state index is 6.71. The second kappa shape index (κ2) is 10.4. The molecule has 0 aliphatic rings. The fourth-order valence-electron chi connectivity index (χ4n) is 7.85. The van der Waals surface area contributed by atoms with E-state index in [0.717, 1.165) is 77.5 Å². The van der Waals surface area contributed by atoms with Crippen molar-refractivity contribution in [3.8, 4) is 44.9 Å². The molecule has 0 aliphatic carbocycles. The van der Waals surface area contributed by atoms with Crippen LogP contribution in [-0.4, -0.2) is 9.97 Å². The molecular formula is C46H26N2O2. The molecular weight excluding hydrogens is 613 g/mol. The van der Waals surface area contributed by atoms with Crippen LogP contribution in [-0.2, 0) is 0 Å². The van der Waals surface area contributed by atoms with Crippen molar-refractivity contribution in [3.05, 3.63) is 158 Å². The van der Waals surface area contributed by atoms with Crippen LogP contribution in [0.2, 0.25) is 0 Å². The van der Waals surface area contributed by atoms with E-state index in [1.54, 1.807) is 0 Å². The average Bonchev–Trinajstić information content (AvgIpc) is 3.76. The van der Waals surface area contributed by atoms with Crippen molar-refractivity contribution in [3.63, 3.8) is 0 Å². The topological polar surface area (TPSA) is 52.1 Å². The van der Waals surface area contributed by atoms with E-state index in [0.29, 0.717) is 11.4 Å². The predicted octanol–water partition coefficient (Wildman–Crippen LogP) is 12.7. The first kappa shape index (κ1) is 27.2. The third-order valence-corrected chi connectivity index (χ3v) is 10.1. The summed E-state index contributed by atoms with van der Waals surface area (Å²) < 4.78 is 13.2. The third kappa shape index (κ3) is 3.87. The van der Waals surface area contributed by atoms with E-state index in [4.69, 9.17) is 18.8 Å². The van der Waals surface area contributed by atoms with Crippen molar-refractivity contribution < 1.29 is 8.83 Å². The molecule has 0 amide bonds. The molecule has 4 nitrogen and oxygen atoms in total. The Labute approximate surface area is 286 Å². The molecule has 4 heteroatoms. The predicted molar refractivity (Wildman–Crippen MR) is 205 cm³/mol. The molecule has 0 radical (unpaired) electrons. The van der Waals surface area contributed by atoms with Crippen molar-refractivity contribution >= 4 is 65.6 Å². The molecule has 0 spiro atoms. The van der Waals surface area contributed by atoms with Crippen molar-refractivity contribution in [2.24, 2.45) is 0 Å². The second-order valence-corrected chi connectivity index (χ2v) is 12.9. The maximum Gasteiger partial charge on any atom is 0.180 e. The van der Waals surface area contributed by atoms with Gasteiger partial charge >= 0.3 is 0 Å². The molecule has 232 valence electrons. The van der Waals surface area contributed by atoms with Crippen LogP contribution in [0.25, 0.3) is 110 Å². The monoisotopic (exact) mass is 638 g/mol. The van der Waals surface area contributed by atoms with Crippen LogP contribution in [0.15, 0.2) is 167 Å². The number of aromatic nitrogens is 2. The molecule has 50 heavy (non-hydrogen) atoms. The van der Waals surface area contributed by atoms with E-state index in [9.17, 15) is 0 Å². The van der Waals surface area contributed by atoms with Gasteiger partial charge in [0, 0.05) is 32.7 Å². The Morgan fingerprint density at radius 2 is 1.02 bits per heavy atom. The number of furan rings is 2. The molecule has 0 aliphatic heterocycles. The number of fused-ring (bicyclic) bond motifs is 6. The Hall–Kier alpha value is -6.78. The van der Waals surface area contributed by atoms with E-state index < -0.39 is 0 Å². The Balaban J connectivity index is 1.24. The van der Waals surface area contributed by atoms with Crippen molar-refractivity contribution in [2.75, 3.05) is 0 Å². The lowest BCUT2D eigenvalue weighted by molar-refractivity contribution is 0.667. The summed E-state index contributed by atoms with van der Waals surface area (Å²) in [5, 5.41) is 8.06. The second-order valence-electron chi connectivity index (χ2n) is 12.9. The van der Waals surface area contributed by atoms with Crippen molar-refractivity contribution in [1.82, 2.24) is 9.97 Å². The zero-order chi connectivity index (χ0) is 32.8. The minimum Gasteiger partial charge on any atom is -0.456 e. The van der Waals surface area contributed by atoms with E-state index >= 15 is 0 Å². The Morgan fingerprint density at radius 3 is 1.86 bits per heavy atom. The molecule has 3 aromatic heterocycles. The first-order valence-corrected chi connectivity index (χ1v) is 16.8.